The van der Waals surface area contributed by atoms with E-state index in [1.807, 2.05) is 18.3 Å². The third kappa shape index (κ3) is 6.35. The van der Waals surface area contributed by atoms with Crippen molar-refractivity contribution in [3.05, 3.63) is 65.3 Å². The number of nitrogens with zero attached hydrogens (tertiary/aromatic N) is 1. The molecule has 2 amide bonds. The summed E-state index contributed by atoms with van der Waals surface area (Å²) in [6, 6.07) is 9.55. The number of hydrogen-bond donors (Lipinski definition) is 5. The van der Waals surface area contributed by atoms with Crippen molar-refractivity contribution in [1.82, 2.24) is 10.4 Å². The lowest BCUT2D eigenvalue weighted by Gasteiger charge is -2.28. The number of aliphatic hydroxyl groups excluding tert-OH is 1. The molecule has 0 saturated heterocycles. The molecule has 0 aliphatic heterocycles. The summed E-state index contributed by atoms with van der Waals surface area (Å²) in [7, 11) is 0. The molecule has 7 nitrogen and oxygen atoms in total. The number of aromatic nitrogens is 1. The Balaban J connectivity index is 1.32. The standard InChI is InChI=1S/C24H27F2N5O2S/c25-17-10-18(26)12-20(11-17)30-24(33)29-19-7-5-15(6-8-19)21-13-28-23(34-21)16-3-1-14(2-4-16)9-22(32)31-27/h5-8,10-14,16,22,31-32H,1-4,9,27H2,(H2,29,30,33). The number of amides is 2. The van der Waals surface area contributed by atoms with Crippen LogP contribution in [0.3, 0.4) is 0 Å². The second-order valence-corrected chi connectivity index (χ2v) is 9.58. The Morgan fingerprint density at radius 2 is 1.71 bits per heavy atom. The Kier molecular flexibility index (Phi) is 7.84. The molecule has 0 bridgehead atoms. The lowest BCUT2D eigenvalue weighted by molar-refractivity contribution is 0.0972. The molecule has 10 heteroatoms. The highest BCUT2D eigenvalue weighted by Crippen LogP contribution is 2.40. The van der Waals surface area contributed by atoms with Gasteiger partial charge in [-0.05, 0) is 67.9 Å². The maximum absolute atomic E-state index is 13.3. The molecule has 1 fully saturated rings. The van der Waals surface area contributed by atoms with E-state index in [-0.39, 0.29) is 5.69 Å². The van der Waals surface area contributed by atoms with Crippen molar-refractivity contribution in [3.63, 3.8) is 0 Å². The van der Waals surface area contributed by atoms with Crippen LogP contribution < -0.4 is 21.9 Å². The first-order chi connectivity index (χ1) is 16.4. The third-order valence-corrected chi connectivity index (χ3v) is 7.23. The largest absolute Gasteiger partial charge is 0.377 e. The minimum absolute atomic E-state index is 0.0325. The van der Waals surface area contributed by atoms with Gasteiger partial charge in [-0.25, -0.2) is 24.0 Å². The van der Waals surface area contributed by atoms with Crippen molar-refractivity contribution in [1.29, 1.82) is 0 Å². The number of benzene rings is 2. The molecule has 1 aliphatic carbocycles. The smallest absolute Gasteiger partial charge is 0.323 e. The van der Waals surface area contributed by atoms with Crippen molar-refractivity contribution in [2.24, 2.45) is 11.8 Å². The zero-order chi connectivity index (χ0) is 24.1. The SMILES string of the molecule is NNC(O)CC1CCC(c2ncc(-c3ccc(NC(=O)Nc4cc(F)cc(F)c4)cc3)s2)CC1. The van der Waals surface area contributed by atoms with Crippen molar-refractivity contribution in [2.75, 3.05) is 10.6 Å². The predicted octanol–water partition coefficient (Wildman–Crippen LogP) is 5.18. The number of anilines is 2. The number of hydrazine groups is 1. The maximum Gasteiger partial charge on any atom is 0.323 e. The molecule has 1 atom stereocenters. The second-order valence-electron chi connectivity index (χ2n) is 8.51. The monoisotopic (exact) mass is 487 g/mol. The zero-order valence-electron chi connectivity index (χ0n) is 18.4. The molecule has 1 unspecified atom stereocenters. The quantitative estimate of drug-likeness (QED) is 0.179. The van der Waals surface area contributed by atoms with Crippen molar-refractivity contribution in [2.45, 2.75) is 44.2 Å². The molecule has 34 heavy (non-hydrogen) atoms. The minimum atomic E-state index is -0.765. The molecule has 1 saturated carbocycles. The highest BCUT2D eigenvalue weighted by Gasteiger charge is 2.26. The molecule has 0 radical (unpaired) electrons. The van der Waals surface area contributed by atoms with E-state index >= 15 is 0 Å². The van der Waals surface area contributed by atoms with E-state index in [0.29, 0.717) is 23.9 Å². The van der Waals surface area contributed by atoms with Crippen molar-refractivity contribution in [3.8, 4) is 10.4 Å². The number of aliphatic hydroxyl groups is 1. The summed E-state index contributed by atoms with van der Waals surface area (Å²) in [5.74, 6) is 4.65. The highest BCUT2D eigenvalue weighted by molar-refractivity contribution is 7.15. The number of nitrogens with two attached hydrogens (primary N) is 1. The van der Waals surface area contributed by atoms with Gasteiger partial charge in [0.2, 0.25) is 0 Å². The Hall–Kier alpha value is -2.92. The highest BCUT2D eigenvalue weighted by atomic mass is 32.1. The molecule has 4 rings (SSSR count). The average molecular weight is 488 g/mol. The van der Waals surface area contributed by atoms with Crippen LogP contribution in [-0.2, 0) is 0 Å². The number of thiazole rings is 1. The van der Waals surface area contributed by atoms with Gasteiger partial charge in [0.1, 0.15) is 17.9 Å². The lowest BCUT2D eigenvalue weighted by atomic mass is 9.80. The van der Waals surface area contributed by atoms with E-state index in [1.165, 1.54) is 0 Å². The number of urea groups is 1. The first-order valence-electron chi connectivity index (χ1n) is 11.1. The second kappa shape index (κ2) is 11.0. The molecule has 180 valence electrons. The van der Waals surface area contributed by atoms with Crippen LogP contribution in [0.2, 0.25) is 0 Å². The number of halogens is 2. The van der Waals surface area contributed by atoms with Crippen LogP contribution in [0.1, 0.15) is 43.0 Å². The van der Waals surface area contributed by atoms with Crippen molar-refractivity contribution >= 4 is 28.7 Å². The minimum Gasteiger partial charge on any atom is -0.377 e. The molecule has 2 aromatic carbocycles. The van der Waals surface area contributed by atoms with Crippen LogP contribution in [0, 0.1) is 17.6 Å². The summed E-state index contributed by atoms with van der Waals surface area (Å²) in [6.45, 7) is 0. The number of carbonyl (C=O) groups is 1. The van der Waals surface area contributed by atoms with E-state index in [2.05, 4.69) is 21.0 Å². The molecule has 1 aromatic heterocycles. The number of rotatable bonds is 7. The van der Waals surface area contributed by atoms with Crippen molar-refractivity contribution < 1.29 is 18.7 Å². The summed E-state index contributed by atoms with van der Waals surface area (Å²) in [4.78, 5) is 17.8. The molecular weight excluding hydrogens is 460 g/mol. The number of carbonyl (C=O) groups excluding carboxylic acids is 1. The van der Waals surface area contributed by atoms with Crippen LogP contribution in [0.15, 0.2) is 48.7 Å². The van der Waals surface area contributed by atoms with Crippen LogP contribution >= 0.6 is 11.3 Å². The molecular formula is C24H27F2N5O2S. The molecule has 3 aromatic rings. The Morgan fingerprint density at radius 3 is 2.35 bits per heavy atom. The fourth-order valence-corrected chi connectivity index (χ4v) is 5.37. The zero-order valence-corrected chi connectivity index (χ0v) is 19.2. The van der Waals surface area contributed by atoms with Gasteiger partial charge in [-0.15, -0.1) is 11.3 Å². The van der Waals surface area contributed by atoms with E-state index < -0.39 is 23.9 Å². The third-order valence-electron chi connectivity index (χ3n) is 6.02. The number of hydrogen-bond acceptors (Lipinski definition) is 6. The summed E-state index contributed by atoms with van der Waals surface area (Å²) in [5, 5.41) is 15.9. The van der Waals surface area contributed by atoms with Gasteiger partial charge in [-0.2, -0.15) is 0 Å². The Bertz CT molecular complexity index is 1100. The van der Waals surface area contributed by atoms with E-state index in [0.717, 1.165) is 59.3 Å². The maximum atomic E-state index is 13.3. The van der Waals surface area contributed by atoms with Gasteiger partial charge < -0.3 is 15.7 Å². The fourth-order valence-electron chi connectivity index (χ4n) is 4.28. The van der Waals surface area contributed by atoms with Gasteiger partial charge in [-0.1, -0.05) is 12.1 Å². The van der Waals surface area contributed by atoms with Crippen LogP contribution in [-0.4, -0.2) is 22.3 Å². The van der Waals surface area contributed by atoms with Crippen LogP contribution in [0.4, 0.5) is 25.0 Å². The fraction of sp³-hybridized carbons (Fsp3) is 0.333. The predicted molar refractivity (Wildman–Crippen MR) is 129 cm³/mol. The van der Waals surface area contributed by atoms with Gasteiger partial charge in [0.05, 0.1) is 9.88 Å². The van der Waals surface area contributed by atoms with Gasteiger partial charge in [0.15, 0.2) is 0 Å². The van der Waals surface area contributed by atoms with Crippen LogP contribution in [0.25, 0.3) is 10.4 Å². The normalized spacial score (nSPS) is 18.9. The van der Waals surface area contributed by atoms with Gasteiger partial charge in [0, 0.05) is 29.6 Å². The van der Waals surface area contributed by atoms with Gasteiger partial charge in [0.25, 0.3) is 0 Å². The Morgan fingerprint density at radius 1 is 1.06 bits per heavy atom. The van der Waals surface area contributed by atoms with E-state index in [9.17, 15) is 18.7 Å². The van der Waals surface area contributed by atoms with Gasteiger partial charge in [-0.3, -0.25) is 5.84 Å². The molecule has 0 spiro atoms. The summed E-state index contributed by atoms with van der Waals surface area (Å²) in [5.41, 5.74) is 3.97. The number of nitrogens with one attached hydrogen (secondary N) is 3. The molecule has 1 aliphatic rings. The van der Waals surface area contributed by atoms with Gasteiger partial charge >= 0.3 is 6.03 Å². The summed E-state index contributed by atoms with van der Waals surface area (Å²) in [6.07, 6.45) is 6.07. The summed E-state index contributed by atoms with van der Waals surface area (Å²) < 4.78 is 26.6. The lowest BCUT2D eigenvalue weighted by Crippen LogP contribution is -2.36. The topological polar surface area (TPSA) is 112 Å². The summed E-state index contributed by atoms with van der Waals surface area (Å²) >= 11 is 1.67. The molecule has 6 N–H and O–H groups in total. The molecule has 1 heterocycles. The Labute approximate surface area is 200 Å². The van der Waals surface area contributed by atoms with E-state index in [1.54, 1.807) is 23.5 Å². The van der Waals surface area contributed by atoms with Crippen LogP contribution in [0.5, 0.6) is 0 Å². The first kappa shape index (κ1) is 24.2. The van der Waals surface area contributed by atoms with E-state index in [4.69, 9.17) is 5.84 Å². The average Bonchev–Trinajstić information content (AvgIpc) is 3.29. The first-order valence-corrected chi connectivity index (χ1v) is 12.0.